The summed E-state index contributed by atoms with van der Waals surface area (Å²) in [6.07, 6.45) is 6.79. The van der Waals surface area contributed by atoms with Gasteiger partial charge in [-0.25, -0.2) is 0 Å². The molecule has 2 N–H and O–H groups in total. The molecule has 16 heavy (non-hydrogen) atoms. The van der Waals surface area contributed by atoms with Crippen LogP contribution in [0.1, 0.15) is 25.3 Å². The summed E-state index contributed by atoms with van der Waals surface area (Å²) in [6, 6.07) is -0.139. The Labute approximate surface area is 94.5 Å². The molecule has 0 saturated heterocycles. The topological polar surface area (TPSA) is 67.2 Å². The van der Waals surface area contributed by atoms with Crippen molar-refractivity contribution in [3.05, 3.63) is 18.0 Å². The second-order valence-electron chi connectivity index (χ2n) is 4.26. The normalized spacial score (nSPS) is 17.3. The number of carboxylic acid groups (broad SMARTS) is 1. The minimum absolute atomic E-state index is 0.391. The van der Waals surface area contributed by atoms with Gasteiger partial charge < -0.3 is 10.4 Å². The molecule has 0 radical (unpaired) electrons. The first-order chi connectivity index (χ1) is 7.69. The number of aryl methyl sites for hydroxylation is 1. The van der Waals surface area contributed by atoms with E-state index < -0.39 is 12.0 Å². The molecular formula is C11H17N3O2. The van der Waals surface area contributed by atoms with Gasteiger partial charge in [0.05, 0.1) is 12.7 Å². The van der Waals surface area contributed by atoms with Gasteiger partial charge in [-0.2, -0.15) is 5.10 Å². The Morgan fingerprint density at radius 1 is 1.75 bits per heavy atom. The average Bonchev–Trinajstić information content (AvgIpc) is 2.95. The van der Waals surface area contributed by atoms with E-state index >= 15 is 0 Å². The van der Waals surface area contributed by atoms with E-state index in [1.807, 2.05) is 6.20 Å². The lowest BCUT2D eigenvalue weighted by atomic mass is 10.3. The van der Waals surface area contributed by atoms with Crippen molar-refractivity contribution in [2.75, 3.05) is 0 Å². The van der Waals surface area contributed by atoms with Crippen LogP contribution in [0.5, 0.6) is 0 Å². The highest BCUT2D eigenvalue weighted by Gasteiger charge is 2.28. The maximum atomic E-state index is 11.0. The van der Waals surface area contributed by atoms with E-state index in [2.05, 4.69) is 17.3 Å². The van der Waals surface area contributed by atoms with Crippen molar-refractivity contribution in [1.29, 1.82) is 0 Å². The van der Waals surface area contributed by atoms with E-state index in [9.17, 15) is 4.79 Å². The molecule has 2 rings (SSSR count). The SMILES string of the molecule is CCc1cnn(CC(NC2CC2)C(=O)O)c1. The Morgan fingerprint density at radius 3 is 3.00 bits per heavy atom. The molecule has 1 unspecified atom stereocenters. The molecule has 1 heterocycles. The van der Waals surface area contributed by atoms with Crippen molar-refractivity contribution in [3.63, 3.8) is 0 Å². The van der Waals surface area contributed by atoms with Crippen molar-refractivity contribution in [2.24, 2.45) is 0 Å². The smallest absolute Gasteiger partial charge is 0.322 e. The minimum Gasteiger partial charge on any atom is -0.480 e. The van der Waals surface area contributed by atoms with Crippen molar-refractivity contribution in [1.82, 2.24) is 15.1 Å². The molecule has 1 aromatic heterocycles. The predicted octanol–water partition coefficient (Wildman–Crippen LogP) is 0.651. The molecule has 1 aliphatic rings. The van der Waals surface area contributed by atoms with Gasteiger partial charge in [0.2, 0.25) is 0 Å². The van der Waals surface area contributed by atoms with E-state index in [-0.39, 0.29) is 0 Å². The summed E-state index contributed by atoms with van der Waals surface area (Å²) < 4.78 is 1.70. The second-order valence-corrected chi connectivity index (χ2v) is 4.26. The third kappa shape index (κ3) is 2.82. The van der Waals surface area contributed by atoms with Crippen LogP contribution < -0.4 is 5.32 Å². The molecule has 1 aliphatic carbocycles. The van der Waals surface area contributed by atoms with Crippen molar-refractivity contribution < 1.29 is 9.90 Å². The lowest BCUT2D eigenvalue weighted by Gasteiger charge is -2.13. The first-order valence-electron chi connectivity index (χ1n) is 5.69. The van der Waals surface area contributed by atoms with Gasteiger partial charge in [0, 0.05) is 12.2 Å². The van der Waals surface area contributed by atoms with Gasteiger partial charge in [-0.1, -0.05) is 6.92 Å². The van der Waals surface area contributed by atoms with E-state index in [0.29, 0.717) is 12.6 Å². The number of carbonyl (C=O) groups is 1. The van der Waals surface area contributed by atoms with Crippen LogP contribution in [0.15, 0.2) is 12.4 Å². The lowest BCUT2D eigenvalue weighted by molar-refractivity contribution is -0.140. The molecule has 0 aromatic carbocycles. The number of aliphatic carboxylic acids is 1. The van der Waals surface area contributed by atoms with Gasteiger partial charge >= 0.3 is 5.97 Å². The Kier molecular flexibility index (Phi) is 3.24. The van der Waals surface area contributed by atoms with Gasteiger partial charge in [0.25, 0.3) is 0 Å². The largest absolute Gasteiger partial charge is 0.480 e. The standard InChI is InChI=1S/C11H17N3O2/c1-2-8-5-12-14(6-8)7-10(11(15)16)13-9-3-4-9/h5-6,9-10,13H,2-4,7H2,1H3,(H,15,16). The maximum absolute atomic E-state index is 11.0. The van der Waals surface area contributed by atoms with Crippen LogP contribution in [0.3, 0.4) is 0 Å². The van der Waals surface area contributed by atoms with E-state index in [1.165, 1.54) is 0 Å². The predicted molar refractivity (Wildman–Crippen MR) is 59.2 cm³/mol. The Bertz CT molecular complexity index is 371. The molecule has 0 amide bonds. The van der Waals surface area contributed by atoms with Crippen molar-refractivity contribution in [2.45, 2.75) is 44.8 Å². The van der Waals surface area contributed by atoms with Gasteiger partial charge in [-0.3, -0.25) is 9.48 Å². The summed E-state index contributed by atoms with van der Waals surface area (Å²) in [5.74, 6) is -0.805. The summed E-state index contributed by atoms with van der Waals surface area (Å²) in [6.45, 7) is 2.45. The Balaban J connectivity index is 1.95. The number of hydrogen-bond donors (Lipinski definition) is 2. The highest BCUT2D eigenvalue weighted by molar-refractivity contribution is 5.73. The highest BCUT2D eigenvalue weighted by Crippen LogP contribution is 2.19. The molecule has 88 valence electrons. The molecule has 1 saturated carbocycles. The van der Waals surface area contributed by atoms with Gasteiger partial charge in [-0.05, 0) is 24.8 Å². The number of carboxylic acids is 1. The number of nitrogens with zero attached hydrogens (tertiary/aromatic N) is 2. The summed E-state index contributed by atoms with van der Waals surface area (Å²) in [7, 11) is 0. The summed E-state index contributed by atoms with van der Waals surface area (Å²) in [4.78, 5) is 11.0. The monoisotopic (exact) mass is 223 g/mol. The lowest BCUT2D eigenvalue weighted by Crippen LogP contribution is -2.41. The van der Waals surface area contributed by atoms with Crippen LogP contribution in [0.4, 0.5) is 0 Å². The van der Waals surface area contributed by atoms with E-state index in [1.54, 1.807) is 10.9 Å². The van der Waals surface area contributed by atoms with Crippen LogP contribution >= 0.6 is 0 Å². The van der Waals surface area contributed by atoms with Crippen LogP contribution in [-0.2, 0) is 17.8 Å². The molecule has 5 heteroatoms. The van der Waals surface area contributed by atoms with Crippen LogP contribution in [0.2, 0.25) is 0 Å². The maximum Gasteiger partial charge on any atom is 0.322 e. The second kappa shape index (κ2) is 4.65. The molecule has 1 atom stereocenters. The molecule has 1 aromatic rings. The highest BCUT2D eigenvalue weighted by atomic mass is 16.4. The molecule has 0 spiro atoms. The number of aromatic nitrogens is 2. The number of rotatable bonds is 6. The number of hydrogen-bond acceptors (Lipinski definition) is 3. The Hall–Kier alpha value is -1.36. The zero-order chi connectivity index (χ0) is 11.5. The fourth-order valence-corrected chi connectivity index (χ4v) is 1.61. The van der Waals surface area contributed by atoms with Crippen LogP contribution in [0, 0.1) is 0 Å². The summed E-state index contributed by atoms with van der Waals surface area (Å²) in [5, 5.41) is 16.3. The zero-order valence-electron chi connectivity index (χ0n) is 9.39. The first kappa shape index (κ1) is 11.1. The number of nitrogens with one attached hydrogen (secondary N) is 1. The molecule has 0 bridgehead atoms. The van der Waals surface area contributed by atoms with Crippen molar-refractivity contribution >= 4 is 5.97 Å². The van der Waals surface area contributed by atoms with Crippen molar-refractivity contribution in [3.8, 4) is 0 Å². The van der Waals surface area contributed by atoms with Gasteiger partial charge in [0.15, 0.2) is 0 Å². The first-order valence-corrected chi connectivity index (χ1v) is 5.69. The third-order valence-electron chi connectivity index (χ3n) is 2.78. The summed E-state index contributed by atoms with van der Waals surface area (Å²) in [5.41, 5.74) is 1.13. The van der Waals surface area contributed by atoms with Crippen LogP contribution in [0.25, 0.3) is 0 Å². The molecular weight excluding hydrogens is 206 g/mol. The van der Waals surface area contributed by atoms with E-state index in [4.69, 9.17) is 5.11 Å². The molecule has 0 aliphatic heterocycles. The van der Waals surface area contributed by atoms with E-state index in [0.717, 1.165) is 24.8 Å². The third-order valence-corrected chi connectivity index (χ3v) is 2.78. The summed E-state index contributed by atoms with van der Waals surface area (Å²) >= 11 is 0. The quantitative estimate of drug-likeness (QED) is 0.743. The fourth-order valence-electron chi connectivity index (χ4n) is 1.61. The zero-order valence-corrected chi connectivity index (χ0v) is 9.39. The fraction of sp³-hybridized carbons (Fsp3) is 0.636. The minimum atomic E-state index is -0.805. The molecule has 5 nitrogen and oxygen atoms in total. The van der Waals surface area contributed by atoms with Crippen LogP contribution in [-0.4, -0.2) is 32.9 Å². The Morgan fingerprint density at radius 2 is 2.50 bits per heavy atom. The van der Waals surface area contributed by atoms with Gasteiger partial charge in [0.1, 0.15) is 6.04 Å². The average molecular weight is 223 g/mol. The van der Waals surface area contributed by atoms with Gasteiger partial charge in [-0.15, -0.1) is 0 Å². The molecule has 1 fully saturated rings.